The van der Waals surface area contributed by atoms with Crippen LogP contribution >= 0.6 is 23.2 Å². The molecule has 0 saturated heterocycles. The zero-order valence-electron chi connectivity index (χ0n) is 17.2. The SMILES string of the molecule is COc1ccc(C2CC(CNS(=O)(=O)c3ccccc3)=NN2c2ccc(Cl)cc2Cl)cc1. The molecule has 166 valence electrons. The zero-order valence-corrected chi connectivity index (χ0v) is 19.5. The molecule has 1 heterocycles. The monoisotopic (exact) mass is 489 g/mol. The van der Waals surface area contributed by atoms with Gasteiger partial charge in [0.05, 0.1) is 41.0 Å². The number of benzene rings is 3. The first-order valence-electron chi connectivity index (χ1n) is 9.86. The van der Waals surface area contributed by atoms with Gasteiger partial charge in [-0.1, -0.05) is 53.5 Å². The Bertz CT molecular complexity index is 1230. The highest BCUT2D eigenvalue weighted by Crippen LogP contribution is 2.39. The van der Waals surface area contributed by atoms with Crippen molar-refractivity contribution in [3.63, 3.8) is 0 Å². The second-order valence-corrected chi connectivity index (χ2v) is 9.85. The molecule has 1 atom stereocenters. The van der Waals surface area contributed by atoms with Crippen LogP contribution in [0.5, 0.6) is 5.75 Å². The molecule has 0 spiro atoms. The van der Waals surface area contributed by atoms with Crippen LogP contribution in [-0.2, 0) is 10.0 Å². The summed E-state index contributed by atoms with van der Waals surface area (Å²) >= 11 is 12.5. The number of rotatable bonds is 7. The number of hydrazone groups is 1. The van der Waals surface area contributed by atoms with Crippen molar-refractivity contribution in [3.05, 3.63) is 88.4 Å². The zero-order chi connectivity index (χ0) is 22.7. The highest BCUT2D eigenvalue weighted by molar-refractivity contribution is 7.89. The Labute approximate surface area is 197 Å². The molecule has 3 aromatic carbocycles. The maximum atomic E-state index is 12.6. The largest absolute Gasteiger partial charge is 0.497 e. The lowest BCUT2D eigenvalue weighted by atomic mass is 10.0. The molecule has 6 nitrogen and oxygen atoms in total. The van der Waals surface area contributed by atoms with Gasteiger partial charge in [0.15, 0.2) is 0 Å². The number of sulfonamides is 1. The van der Waals surface area contributed by atoms with E-state index in [1.54, 1.807) is 49.6 Å². The van der Waals surface area contributed by atoms with Gasteiger partial charge < -0.3 is 4.74 Å². The Kier molecular flexibility index (Phi) is 6.71. The molecule has 32 heavy (non-hydrogen) atoms. The van der Waals surface area contributed by atoms with E-state index in [4.69, 9.17) is 33.0 Å². The van der Waals surface area contributed by atoms with Gasteiger partial charge in [0.1, 0.15) is 5.75 Å². The van der Waals surface area contributed by atoms with Crippen LogP contribution in [0.25, 0.3) is 0 Å². The minimum absolute atomic E-state index is 0.0889. The van der Waals surface area contributed by atoms with Gasteiger partial charge in [0.2, 0.25) is 10.0 Å². The van der Waals surface area contributed by atoms with Gasteiger partial charge in [-0.25, -0.2) is 13.1 Å². The van der Waals surface area contributed by atoms with Crippen molar-refractivity contribution in [1.29, 1.82) is 0 Å². The molecule has 4 rings (SSSR count). The smallest absolute Gasteiger partial charge is 0.240 e. The first-order valence-corrected chi connectivity index (χ1v) is 12.1. The van der Waals surface area contributed by atoms with Gasteiger partial charge >= 0.3 is 0 Å². The summed E-state index contributed by atoms with van der Waals surface area (Å²) in [6.45, 7) is 0.0889. The number of halogens is 2. The molecule has 1 unspecified atom stereocenters. The second-order valence-electron chi connectivity index (χ2n) is 7.24. The first-order chi connectivity index (χ1) is 15.4. The van der Waals surface area contributed by atoms with Crippen LogP contribution in [0.4, 0.5) is 5.69 Å². The molecule has 0 aliphatic carbocycles. The number of hydrogen-bond donors (Lipinski definition) is 1. The molecule has 0 fully saturated rings. The Hall–Kier alpha value is -2.58. The van der Waals surface area contributed by atoms with E-state index in [0.717, 1.165) is 11.3 Å². The van der Waals surface area contributed by atoms with Crippen molar-refractivity contribution in [2.24, 2.45) is 5.10 Å². The van der Waals surface area contributed by atoms with Crippen LogP contribution in [0.1, 0.15) is 18.0 Å². The van der Waals surface area contributed by atoms with Gasteiger partial charge in [-0.3, -0.25) is 5.01 Å². The predicted octanol–water partition coefficient (Wildman–Crippen LogP) is 5.29. The van der Waals surface area contributed by atoms with Crippen molar-refractivity contribution >= 4 is 44.6 Å². The molecular formula is C23H21Cl2N3O3S. The molecular weight excluding hydrogens is 469 g/mol. The number of anilines is 1. The molecule has 0 bridgehead atoms. The van der Waals surface area contributed by atoms with Crippen LogP contribution in [0.2, 0.25) is 10.0 Å². The minimum atomic E-state index is -3.64. The van der Waals surface area contributed by atoms with Crippen molar-refractivity contribution in [1.82, 2.24) is 4.72 Å². The van der Waals surface area contributed by atoms with Gasteiger partial charge in [0, 0.05) is 11.4 Å². The quantitative estimate of drug-likeness (QED) is 0.489. The fourth-order valence-corrected chi connectivity index (χ4v) is 5.05. The van der Waals surface area contributed by atoms with Gasteiger partial charge in [-0.05, 0) is 48.0 Å². The van der Waals surface area contributed by atoms with Crippen LogP contribution in [-0.4, -0.2) is 27.8 Å². The van der Waals surface area contributed by atoms with E-state index in [0.29, 0.717) is 27.9 Å². The number of hydrogen-bond acceptors (Lipinski definition) is 5. The molecule has 3 aromatic rings. The Morgan fingerprint density at radius 2 is 1.78 bits per heavy atom. The van der Waals surface area contributed by atoms with Crippen LogP contribution < -0.4 is 14.5 Å². The third kappa shape index (κ3) is 4.91. The van der Waals surface area contributed by atoms with Crippen molar-refractivity contribution < 1.29 is 13.2 Å². The summed E-state index contributed by atoms with van der Waals surface area (Å²) in [5.74, 6) is 0.750. The van der Waals surface area contributed by atoms with E-state index in [-0.39, 0.29) is 17.5 Å². The molecule has 0 saturated carbocycles. The summed E-state index contributed by atoms with van der Waals surface area (Å²) in [6.07, 6.45) is 0.530. The average molecular weight is 490 g/mol. The van der Waals surface area contributed by atoms with Gasteiger partial charge in [-0.15, -0.1) is 0 Å². The van der Waals surface area contributed by atoms with Crippen molar-refractivity contribution in [3.8, 4) is 5.75 Å². The summed E-state index contributed by atoms with van der Waals surface area (Å²) in [7, 11) is -2.03. The number of ether oxygens (including phenoxy) is 1. The summed E-state index contributed by atoms with van der Waals surface area (Å²) < 4.78 is 33.2. The topological polar surface area (TPSA) is 71.0 Å². The summed E-state index contributed by atoms with van der Waals surface area (Å²) in [5.41, 5.74) is 2.38. The molecule has 0 radical (unpaired) electrons. The highest BCUT2D eigenvalue weighted by atomic mass is 35.5. The fraction of sp³-hybridized carbons (Fsp3) is 0.174. The summed E-state index contributed by atoms with van der Waals surface area (Å²) in [6, 6.07) is 21.0. The van der Waals surface area contributed by atoms with Crippen LogP contribution in [0.3, 0.4) is 0 Å². The van der Waals surface area contributed by atoms with E-state index in [9.17, 15) is 8.42 Å². The lowest BCUT2D eigenvalue weighted by Gasteiger charge is -2.25. The maximum absolute atomic E-state index is 12.6. The summed E-state index contributed by atoms with van der Waals surface area (Å²) in [4.78, 5) is 0.211. The Morgan fingerprint density at radius 3 is 2.44 bits per heavy atom. The van der Waals surface area contributed by atoms with Crippen LogP contribution in [0.15, 0.2) is 82.8 Å². The van der Waals surface area contributed by atoms with Crippen molar-refractivity contribution in [2.45, 2.75) is 17.4 Å². The van der Waals surface area contributed by atoms with E-state index >= 15 is 0 Å². The fourth-order valence-electron chi connectivity index (χ4n) is 3.52. The normalized spacial score (nSPS) is 16.2. The maximum Gasteiger partial charge on any atom is 0.240 e. The van der Waals surface area contributed by atoms with E-state index in [1.807, 2.05) is 35.3 Å². The third-order valence-electron chi connectivity index (χ3n) is 5.15. The standard InChI is InChI=1S/C23H21Cl2N3O3S/c1-31-19-10-7-16(8-11-19)23-14-18(15-26-32(29,30)20-5-3-2-4-6-20)27-28(23)22-12-9-17(24)13-21(22)25/h2-13,23,26H,14-15H2,1H3. The van der Waals surface area contributed by atoms with E-state index in [2.05, 4.69) is 4.72 Å². The first kappa shape index (κ1) is 22.6. The number of methoxy groups -OCH3 is 1. The van der Waals surface area contributed by atoms with E-state index < -0.39 is 10.0 Å². The van der Waals surface area contributed by atoms with E-state index in [1.165, 1.54) is 0 Å². The Morgan fingerprint density at radius 1 is 1.06 bits per heavy atom. The minimum Gasteiger partial charge on any atom is -0.497 e. The Balaban J connectivity index is 1.61. The second kappa shape index (κ2) is 9.50. The predicted molar refractivity (Wildman–Crippen MR) is 128 cm³/mol. The molecule has 0 amide bonds. The number of nitrogens with one attached hydrogen (secondary N) is 1. The molecule has 1 N–H and O–H groups in total. The molecule has 1 aliphatic rings. The lowest BCUT2D eigenvalue weighted by Crippen LogP contribution is -2.29. The average Bonchev–Trinajstić information content (AvgIpc) is 3.22. The highest BCUT2D eigenvalue weighted by Gasteiger charge is 2.31. The molecule has 9 heteroatoms. The lowest BCUT2D eigenvalue weighted by molar-refractivity contribution is 0.414. The summed E-state index contributed by atoms with van der Waals surface area (Å²) in [5, 5.41) is 7.51. The molecule has 1 aliphatic heterocycles. The number of nitrogens with zero attached hydrogens (tertiary/aromatic N) is 2. The molecule has 0 aromatic heterocycles. The third-order valence-corrected chi connectivity index (χ3v) is 7.11. The van der Waals surface area contributed by atoms with Crippen LogP contribution in [0, 0.1) is 0 Å². The van der Waals surface area contributed by atoms with Gasteiger partial charge in [0.25, 0.3) is 0 Å². The van der Waals surface area contributed by atoms with Crippen molar-refractivity contribution in [2.75, 3.05) is 18.7 Å². The van der Waals surface area contributed by atoms with Gasteiger partial charge in [-0.2, -0.15) is 5.10 Å².